The number of nitrogens with one attached hydrogen (secondary N) is 2. The molecule has 1 aliphatic carbocycles. The highest BCUT2D eigenvalue weighted by Crippen LogP contribution is 2.47. The van der Waals surface area contributed by atoms with Crippen LogP contribution in [0.2, 0.25) is 0 Å². The minimum atomic E-state index is -3.47. The van der Waals surface area contributed by atoms with Crippen molar-refractivity contribution in [3.63, 3.8) is 0 Å². The zero-order valence-corrected chi connectivity index (χ0v) is 11.6. The van der Waals surface area contributed by atoms with Crippen LogP contribution in [-0.4, -0.2) is 22.0 Å². The molecule has 0 radical (unpaired) electrons. The highest BCUT2D eigenvalue weighted by molar-refractivity contribution is 7.89. The summed E-state index contributed by atoms with van der Waals surface area (Å²) in [4.78, 5) is 0. The van der Waals surface area contributed by atoms with Crippen LogP contribution in [-0.2, 0) is 16.6 Å². The van der Waals surface area contributed by atoms with Crippen molar-refractivity contribution in [3.8, 4) is 0 Å². The van der Waals surface area contributed by atoms with Crippen molar-refractivity contribution in [2.75, 3.05) is 13.6 Å². The third-order valence-electron chi connectivity index (χ3n) is 3.68. The Morgan fingerprint density at radius 1 is 1.39 bits per heavy atom. The van der Waals surface area contributed by atoms with Gasteiger partial charge in [0, 0.05) is 6.54 Å². The standard InChI is InChI=1S/C12H20N2O3S/c1-3-12(6-7-12)9-14-8-10-4-5-11(17-10)18(15,16)13-2/h4-5,13-14H,3,6-9H2,1-2H3. The third-order valence-corrected chi connectivity index (χ3v) is 4.96. The summed E-state index contributed by atoms with van der Waals surface area (Å²) in [6, 6.07) is 3.18. The summed E-state index contributed by atoms with van der Waals surface area (Å²) < 4.78 is 30.5. The molecule has 1 aromatic rings. The van der Waals surface area contributed by atoms with Gasteiger partial charge >= 0.3 is 0 Å². The van der Waals surface area contributed by atoms with E-state index in [9.17, 15) is 8.42 Å². The molecule has 2 rings (SSSR count). The van der Waals surface area contributed by atoms with E-state index in [0.29, 0.717) is 17.7 Å². The van der Waals surface area contributed by atoms with E-state index in [-0.39, 0.29) is 5.09 Å². The van der Waals surface area contributed by atoms with Gasteiger partial charge in [-0.15, -0.1) is 0 Å². The van der Waals surface area contributed by atoms with Crippen LogP contribution in [0.4, 0.5) is 0 Å². The molecule has 0 atom stereocenters. The molecule has 1 aromatic heterocycles. The van der Waals surface area contributed by atoms with Crippen LogP contribution in [0.1, 0.15) is 31.9 Å². The Labute approximate surface area is 108 Å². The van der Waals surface area contributed by atoms with Crippen molar-refractivity contribution in [3.05, 3.63) is 17.9 Å². The van der Waals surface area contributed by atoms with E-state index in [1.807, 2.05) is 0 Å². The molecule has 102 valence electrons. The first-order chi connectivity index (χ1) is 8.51. The average Bonchev–Trinajstić information content (AvgIpc) is 2.98. The molecule has 0 unspecified atom stereocenters. The maximum atomic E-state index is 11.5. The lowest BCUT2D eigenvalue weighted by molar-refractivity contribution is 0.381. The molecule has 0 saturated heterocycles. The van der Waals surface area contributed by atoms with Crippen molar-refractivity contribution in [1.29, 1.82) is 0 Å². The molecule has 0 amide bonds. The quantitative estimate of drug-likeness (QED) is 0.788. The first-order valence-electron chi connectivity index (χ1n) is 6.24. The van der Waals surface area contributed by atoms with Gasteiger partial charge in [-0.3, -0.25) is 0 Å². The number of sulfonamides is 1. The summed E-state index contributed by atoms with van der Waals surface area (Å²) in [5.41, 5.74) is 0.479. The number of rotatable bonds is 7. The second-order valence-electron chi connectivity index (χ2n) is 4.89. The predicted molar refractivity (Wildman–Crippen MR) is 68.6 cm³/mol. The monoisotopic (exact) mass is 272 g/mol. The molecular weight excluding hydrogens is 252 g/mol. The van der Waals surface area contributed by atoms with E-state index in [1.165, 1.54) is 32.4 Å². The fourth-order valence-corrected chi connectivity index (χ4v) is 2.65. The molecule has 1 fully saturated rings. The SMILES string of the molecule is CCC1(CNCc2ccc(S(=O)(=O)NC)o2)CC1. The molecule has 0 aromatic carbocycles. The van der Waals surface area contributed by atoms with E-state index in [1.54, 1.807) is 6.07 Å². The van der Waals surface area contributed by atoms with Crippen molar-refractivity contribution < 1.29 is 12.8 Å². The van der Waals surface area contributed by atoms with Gasteiger partial charge in [0.25, 0.3) is 10.0 Å². The Kier molecular flexibility index (Phi) is 3.79. The Morgan fingerprint density at radius 2 is 2.11 bits per heavy atom. The maximum Gasteiger partial charge on any atom is 0.273 e. The molecule has 18 heavy (non-hydrogen) atoms. The zero-order valence-electron chi connectivity index (χ0n) is 10.8. The molecule has 1 aliphatic rings. The smallest absolute Gasteiger partial charge is 0.273 e. The van der Waals surface area contributed by atoms with Crippen molar-refractivity contribution in [1.82, 2.24) is 10.0 Å². The minimum absolute atomic E-state index is 0.0292. The van der Waals surface area contributed by atoms with Crippen LogP contribution in [0.15, 0.2) is 21.6 Å². The Bertz CT molecular complexity index is 503. The van der Waals surface area contributed by atoms with E-state index in [0.717, 1.165) is 6.54 Å². The molecule has 0 aliphatic heterocycles. The van der Waals surface area contributed by atoms with Gasteiger partial charge in [-0.25, -0.2) is 13.1 Å². The summed E-state index contributed by atoms with van der Waals surface area (Å²) in [5, 5.41) is 3.30. The van der Waals surface area contributed by atoms with E-state index >= 15 is 0 Å². The normalized spacial score (nSPS) is 17.9. The summed E-state index contributed by atoms with van der Waals surface area (Å²) in [6.07, 6.45) is 3.76. The van der Waals surface area contributed by atoms with Crippen LogP contribution in [0.5, 0.6) is 0 Å². The molecular formula is C12H20N2O3S. The van der Waals surface area contributed by atoms with Gasteiger partial charge in [0.05, 0.1) is 6.54 Å². The Morgan fingerprint density at radius 3 is 2.67 bits per heavy atom. The van der Waals surface area contributed by atoms with Crippen LogP contribution in [0.25, 0.3) is 0 Å². The molecule has 0 bridgehead atoms. The van der Waals surface area contributed by atoms with Gasteiger partial charge in [0.15, 0.2) is 0 Å². The highest BCUT2D eigenvalue weighted by Gasteiger charge is 2.39. The molecule has 2 N–H and O–H groups in total. The van der Waals surface area contributed by atoms with Crippen molar-refractivity contribution in [2.45, 2.75) is 37.8 Å². The van der Waals surface area contributed by atoms with Gasteiger partial charge in [-0.05, 0) is 43.9 Å². The molecule has 5 nitrogen and oxygen atoms in total. The Balaban J connectivity index is 1.88. The number of hydrogen-bond acceptors (Lipinski definition) is 4. The molecule has 1 saturated carbocycles. The first-order valence-corrected chi connectivity index (χ1v) is 7.73. The van der Waals surface area contributed by atoms with Crippen LogP contribution >= 0.6 is 0 Å². The van der Waals surface area contributed by atoms with Crippen LogP contribution in [0, 0.1) is 5.41 Å². The topological polar surface area (TPSA) is 71.3 Å². The number of furan rings is 1. The fraction of sp³-hybridized carbons (Fsp3) is 0.667. The van der Waals surface area contributed by atoms with Crippen molar-refractivity contribution in [2.24, 2.45) is 5.41 Å². The highest BCUT2D eigenvalue weighted by atomic mass is 32.2. The molecule has 1 heterocycles. The van der Waals surface area contributed by atoms with Crippen molar-refractivity contribution >= 4 is 10.0 Å². The van der Waals surface area contributed by atoms with E-state index < -0.39 is 10.0 Å². The largest absolute Gasteiger partial charge is 0.447 e. The molecule has 6 heteroatoms. The Hall–Kier alpha value is -0.850. The number of hydrogen-bond donors (Lipinski definition) is 2. The van der Waals surface area contributed by atoms with E-state index in [4.69, 9.17) is 4.42 Å². The summed E-state index contributed by atoms with van der Waals surface area (Å²) in [6.45, 7) is 3.75. The summed E-state index contributed by atoms with van der Waals surface area (Å²) in [5.74, 6) is 0.649. The molecule has 0 spiro atoms. The van der Waals surface area contributed by atoms with Gasteiger partial charge in [-0.2, -0.15) is 0 Å². The van der Waals surface area contributed by atoms with Crippen LogP contribution in [0.3, 0.4) is 0 Å². The zero-order chi connectivity index (χ0) is 13.2. The summed E-state index contributed by atoms with van der Waals surface area (Å²) in [7, 11) is -2.10. The third kappa shape index (κ3) is 2.93. The van der Waals surface area contributed by atoms with Gasteiger partial charge in [0.2, 0.25) is 5.09 Å². The predicted octanol–water partition coefficient (Wildman–Crippen LogP) is 1.47. The second-order valence-corrected chi connectivity index (χ2v) is 6.70. The first kappa shape index (κ1) is 13.6. The van der Waals surface area contributed by atoms with Gasteiger partial charge in [0.1, 0.15) is 5.76 Å². The maximum absolute atomic E-state index is 11.5. The van der Waals surface area contributed by atoms with Crippen LogP contribution < -0.4 is 10.0 Å². The minimum Gasteiger partial charge on any atom is -0.447 e. The summed E-state index contributed by atoms with van der Waals surface area (Å²) >= 11 is 0. The lowest BCUT2D eigenvalue weighted by atomic mass is 10.0. The van der Waals surface area contributed by atoms with Gasteiger partial charge < -0.3 is 9.73 Å². The van der Waals surface area contributed by atoms with Gasteiger partial charge in [-0.1, -0.05) is 6.92 Å². The average molecular weight is 272 g/mol. The lowest BCUT2D eigenvalue weighted by Gasteiger charge is -2.12. The van der Waals surface area contributed by atoms with E-state index in [2.05, 4.69) is 17.0 Å². The fourth-order valence-electron chi connectivity index (χ4n) is 1.98. The lowest BCUT2D eigenvalue weighted by Crippen LogP contribution is -2.23. The second kappa shape index (κ2) is 5.03.